The molecule has 1 unspecified atom stereocenters. The van der Waals surface area contributed by atoms with Gasteiger partial charge in [-0.25, -0.2) is 0 Å². The summed E-state index contributed by atoms with van der Waals surface area (Å²) in [7, 11) is 0. The second-order valence-electron chi connectivity index (χ2n) is 5.06. The van der Waals surface area contributed by atoms with Crippen LogP contribution in [-0.2, 0) is 42.9 Å². The first-order valence-corrected chi connectivity index (χ1v) is 7.11. The Labute approximate surface area is 137 Å². The van der Waals surface area contributed by atoms with E-state index in [9.17, 15) is 24.3 Å². The van der Waals surface area contributed by atoms with Crippen LogP contribution in [0.3, 0.4) is 0 Å². The fourth-order valence-electron chi connectivity index (χ4n) is 2.26. The number of hydrogen-bond acceptors (Lipinski definition) is 10. The summed E-state index contributed by atoms with van der Waals surface area (Å²) in [6.07, 6.45) is -6.56. The molecule has 0 bridgehead atoms. The fourth-order valence-corrected chi connectivity index (χ4v) is 2.26. The van der Waals surface area contributed by atoms with Gasteiger partial charge in [0.2, 0.25) is 12.4 Å². The molecule has 5 atom stereocenters. The summed E-state index contributed by atoms with van der Waals surface area (Å²) in [5.74, 6) is -3.00. The molecule has 136 valence electrons. The lowest BCUT2D eigenvalue weighted by Gasteiger charge is -2.43. The Hall–Kier alpha value is -2.20. The maximum Gasteiger partial charge on any atom is 0.305 e. The second-order valence-corrected chi connectivity index (χ2v) is 5.06. The Bertz CT molecular complexity index is 502. The van der Waals surface area contributed by atoms with E-state index in [-0.39, 0.29) is 0 Å². The normalized spacial score (nSPS) is 29.3. The molecule has 0 amide bonds. The minimum atomic E-state index is -1.44. The van der Waals surface area contributed by atoms with Crippen LogP contribution in [0.4, 0.5) is 0 Å². The smallest absolute Gasteiger partial charge is 0.305 e. The lowest BCUT2D eigenvalue weighted by Crippen LogP contribution is -2.62. The molecule has 0 aromatic rings. The summed E-state index contributed by atoms with van der Waals surface area (Å²) in [4.78, 5) is 45.3. The molecule has 0 radical (unpaired) electrons. The van der Waals surface area contributed by atoms with Gasteiger partial charge >= 0.3 is 23.9 Å². The highest BCUT2D eigenvalue weighted by Gasteiger charge is 2.53. The van der Waals surface area contributed by atoms with Crippen LogP contribution in [-0.4, -0.2) is 66.3 Å². The van der Waals surface area contributed by atoms with E-state index in [1.165, 1.54) is 0 Å². The molecule has 10 nitrogen and oxygen atoms in total. The summed E-state index contributed by atoms with van der Waals surface area (Å²) in [6, 6.07) is 0. The summed E-state index contributed by atoms with van der Waals surface area (Å²) in [6.45, 7) is 3.77. The first kappa shape index (κ1) is 19.8. The number of aliphatic hydroxyl groups is 1. The molecule has 1 heterocycles. The van der Waals surface area contributed by atoms with Crippen LogP contribution in [0.5, 0.6) is 0 Å². The third-order valence-corrected chi connectivity index (χ3v) is 2.96. The molecule has 0 aromatic heterocycles. The van der Waals surface area contributed by atoms with Gasteiger partial charge in [-0.05, 0) is 0 Å². The van der Waals surface area contributed by atoms with E-state index in [2.05, 4.69) is 0 Å². The van der Waals surface area contributed by atoms with Gasteiger partial charge in [-0.2, -0.15) is 0 Å². The average molecular weight is 348 g/mol. The maximum atomic E-state index is 11.4. The molecular formula is C14H20O10. The quantitative estimate of drug-likeness (QED) is 0.490. The van der Waals surface area contributed by atoms with Gasteiger partial charge in [-0.15, -0.1) is 0 Å². The Kier molecular flexibility index (Phi) is 7.11. The van der Waals surface area contributed by atoms with Crippen LogP contribution < -0.4 is 0 Å². The van der Waals surface area contributed by atoms with Crippen molar-refractivity contribution in [2.24, 2.45) is 0 Å². The number of carbonyl (C=O) groups excluding carboxylic acids is 4. The van der Waals surface area contributed by atoms with Gasteiger partial charge in [0, 0.05) is 27.7 Å². The van der Waals surface area contributed by atoms with Crippen molar-refractivity contribution < 1.29 is 48.0 Å². The molecule has 24 heavy (non-hydrogen) atoms. The van der Waals surface area contributed by atoms with Crippen LogP contribution >= 0.6 is 0 Å². The molecule has 1 aliphatic rings. The standard InChI is InChI=1S/C14H20O10/c1-6(16)20-11-10(5-15)24-14(23-9(4)19)13(22-8(3)18)12(11)21-7(2)17/h10-15H,5H2,1-4H3/t10-,11+,12?,13-,14-/m1/s1. The summed E-state index contributed by atoms with van der Waals surface area (Å²) >= 11 is 0. The third-order valence-electron chi connectivity index (χ3n) is 2.96. The highest BCUT2D eigenvalue weighted by Crippen LogP contribution is 2.29. The van der Waals surface area contributed by atoms with Crippen molar-refractivity contribution in [3.05, 3.63) is 0 Å². The molecule has 1 fully saturated rings. The summed E-state index contributed by atoms with van der Waals surface area (Å²) in [5.41, 5.74) is 0. The first-order chi connectivity index (χ1) is 11.1. The van der Waals surface area contributed by atoms with E-state index >= 15 is 0 Å². The van der Waals surface area contributed by atoms with Crippen molar-refractivity contribution in [1.29, 1.82) is 0 Å². The molecule has 0 spiro atoms. The second kappa shape index (κ2) is 8.60. The summed E-state index contributed by atoms with van der Waals surface area (Å²) in [5, 5.41) is 9.44. The zero-order valence-corrected chi connectivity index (χ0v) is 13.7. The van der Waals surface area contributed by atoms with Gasteiger partial charge in [0.25, 0.3) is 0 Å². The van der Waals surface area contributed by atoms with Gasteiger partial charge in [-0.3, -0.25) is 19.2 Å². The average Bonchev–Trinajstić information content (AvgIpc) is 2.42. The molecule has 0 aromatic carbocycles. The van der Waals surface area contributed by atoms with Crippen molar-refractivity contribution in [1.82, 2.24) is 0 Å². The van der Waals surface area contributed by atoms with E-state index in [1.807, 2.05) is 0 Å². The minimum absolute atomic E-state index is 0.625. The Balaban J connectivity index is 3.23. The highest BCUT2D eigenvalue weighted by molar-refractivity contribution is 5.69. The van der Waals surface area contributed by atoms with Gasteiger partial charge in [0.1, 0.15) is 6.10 Å². The fraction of sp³-hybridized carbons (Fsp3) is 0.714. The van der Waals surface area contributed by atoms with Crippen LogP contribution in [0, 0.1) is 0 Å². The van der Waals surface area contributed by atoms with Crippen LogP contribution in [0.1, 0.15) is 27.7 Å². The van der Waals surface area contributed by atoms with Crippen LogP contribution in [0.2, 0.25) is 0 Å². The molecule has 10 heteroatoms. The van der Waals surface area contributed by atoms with Gasteiger partial charge in [-0.1, -0.05) is 0 Å². The Morgan fingerprint density at radius 2 is 1.17 bits per heavy atom. The van der Waals surface area contributed by atoms with Crippen molar-refractivity contribution in [3.8, 4) is 0 Å². The van der Waals surface area contributed by atoms with Crippen molar-refractivity contribution in [3.63, 3.8) is 0 Å². The Morgan fingerprint density at radius 1 is 0.750 bits per heavy atom. The number of carbonyl (C=O) groups is 4. The molecule has 1 aliphatic heterocycles. The summed E-state index contributed by atoms with van der Waals surface area (Å²) < 4.78 is 25.4. The number of esters is 4. The van der Waals surface area contributed by atoms with E-state index in [4.69, 9.17) is 23.7 Å². The van der Waals surface area contributed by atoms with Crippen LogP contribution in [0.15, 0.2) is 0 Å². The monoisotopic (exact) mass is 348 g/mol. The van der Waals surface area contributed by atoms with E-state index in [0.717, 1.165) is 27.7 Å². The van der Waals surface area contributed by atoms with Gasteiger partial charge in [0.15, 0.2) is 12.2 Å². The molecule has 1 N–H and O–H groups in total. The predicted molar refractivity (Wildman–Crippen MR) is 74.2 cm³/mol. The molecule has 0 aliphatic carbocycles. The predicted octanol–water partition coefficient (Wildman–Crippen LogP) is -0.938. The first-order valence-electron chi connectivity index (χ1n) is 7.11. The highest BCUT2D eigenvalue weighted by atomic mass is 16.7. The molecular weight excluding hydrogens is 328 g/mol. The van der Waals surface area contributed by atoms with E-state index in [0.29, 0.717) is 0 Å². The van der Waals surface area contributed by atoms with Crippen molar-refractivity contribution >= 4 is 23.9 Å². The number of rotatable bonds is 5. The topological polar surface area (TPSA) is 135 Å². The lowest BCUT2D eigenvalue weighted by molar-refractivity contribution is -0.299. The van der Waals surface area contributed by atoms with E-state index < -0.39 is 61.2 Å². The van der Waals surface area contributed by atoms with Crippen molar-refractivity contribution in [2.45, 2.75) is 58.4 Å². The third kappa shape index (κ3) is 5.46. The number of aliphatic hydroxyl groups excluding tert-OH is 1. The van der Waals surface area contributed by atoms with Crippen LogP contribution in [0.25, 0.3) is 0 Å². The molecule has 1 rings (SSSR count). The maximum absolute atomic E-state index is 11.4. The minimum Gasteiger partial charge on any atom is -0.456 e. The largest absolute Gasteiger partial charge is 0.456 e. The van der Waals surface area contributed by atoms with Gasteiger partial charge < -0.3 is 28.8 Å². The number of ether oxygens (including phenoxy) is 5. The lowest BCUT2D eigenvalue weighted by atomic mass is 9.98. The van der Waals surface area contributed by atoms with Crippen molar-refractivity contribution in [2.75, 3.05) is 6.61 Å². The van der Waals surface area contributed by atoms with Gasteiger partial charge in [0.05, 0.1) is 6.61 Å². The van der Waals surface area contributed by atoms with E-state index in [1.54, 1.807) is 0 Å². The SMILES string of the molecule is CC(=O)OC1[C@@H](OC(C)=O)[C@H](OC(C)=O)O[C@H](CO)[C@@H]1OC(C)=O. The molecule has 1 saturated heterocycles. The number of hydrogen-bond donors (Lipinski definition) is 1. The Morgan fingerprint density at radius 3 is 1.58 bits per heavy atom. The molecule has 0 saturated carbocycles. The zero-order chi connectivity index (χ0) is 18.4. The zero-order valence-electron chi connectivity index (χ0n) is 13.7.